The van der Waals surface area contributed by atoms with Crippen LogP contribution < -0.4 is 0 Å². The van der Waals surface area contributed by atoms with Gasteiger partial charge >= 0.3 is 11.9 Å². The third-order valence-corrected chi connectivity index (χ3v) is 5.24. The number of rotatable bonds is 12. The first-order valence-electron chi connectivity index (χ1n) is 11.2. The molecule has 0 aliphatic heterocycles. The van der Waals surface area contributed by atoms with Crippen LogP contribution in [0.2, 0.25) is 0 Å². The van der Waals surface area contributed by atoms with E-state index in [9.17, 15) is 9.59 Å². The van der Waals surface area contributed by atoms with Gasteiger partial charge in [0.05, 0.1) is 18.4 Å². The second-order valence-corrected chi connectivity index (χ2v) is 9.09. The summed E-state index contributed by atoms with van der Waals surface area (Å²) in [4.78, 5) is 24.6. The van der Waals surface area contributed by atoms with Crippen LogP contribution in [0.4, 0.5) is 0 Å². The first-order valence-corrected chi connectivity index (χ1v) is 11.2. The summed E-state index contributed by atoms with van der Waals surface area (Å²) in [5, 5.41) is 0. The van der Waals surface area contributed by atoms with Gasteiger partial charge in [0.2, 0.25) is 0 Å². The number of carbonyl (C=O) groups excluding carboxylic acids is 2. The lowest BCUT2D eigenvalue weighted by molar-refractivity contribution is -0.163. The predicted octanol–water partition coefficient (Wildman–Crippen LogP) is 6.21. The predicted molar refractivity (Wildman–Crippen MR) is 109 cm³/mol. The highest BCUT2D eigenvalue weighted by Crippen LogP contribution is 2.31. The molecule has 27 heavy (non-hydrogen) atoms. The maximum atomic E-state index is 12.3. The number of hydrogen-bond donors (Lipinski definition) is 0. The van der Waals surface area contributed by atoms with Crippen LogP contribution in [0, 0.1) is 11.8 Å². The summed E-state index contributed by atoms with van der Waals surface area (Å²) in [5.74, 6) is -0.597. The van der Waals surface area contributed by atoms with Crippen molar-refractivity contribution >= 4 is 11.9 Å². The number of carbonyl (C=O) groups is 2. The van der Waals surface area contributed by atoms with Crippen LogP contribution in [-0.4, -0.2) is 24.1 Å². The summed E-state index contributed by atoms with van der Waals surface area (Å²) in [6, 6.07) is 0. The van der Waals surface area contributed by atoms with Crippen molar-refractivity contribution in [2.75, 3.05) is 6.61 Å². The maximum Gasteiger partial charge on any atom is 0.309 e. The Morgan fingerprint density at radius 3 is 1.89 bits per heavy atom. The second kappa shape index (κ2) is 13.2. The summed E-state index contributed by atoms with van der Waals surface area (Å²) in [7, 11) is 0. The Kier molecular flexibility index (Phi) is 11.7. The highest BCUT2D eigenvalue weighted by atomic mass is 16.6. The molecule has 1 saturated carbocycles. The van der Waals surface area contributed by atoms with Gasteiger partial charge in [-0.2, -0.15) is 0 Å². The molecule has 2 unspecified atom stereocenters. The number of esters is 2. The number of hydrogen-bond acceptors (Lipinski definition) is 4. The standard InChI is InChI=1S/C23H42O4/c1-5-6-7-8-9-10-11-12-13-17-26-21(24)19-15-14-16-20(18-19)22(25)27-23(2,3)4/h19-20H,5-18H2,1-4H3. The van der Waals surface area contributed by atoms with Gasteiger partial charge in [0.25, 0.3) is 0 Å². The zero-order chi connectivity index (χ0) is 20.1. The van der Waals surface area contributed by atoms with E-state index < -0.39 is 5.60 Å². The molecule has 0 N–H and O–H groups in total. The molecule has 0 aromatic rings. The van der Waals surface area contributed by atoms with E-state index in [1.807, 2.05) is 20.8 Å². The minimum Gasteiger partial charge on any atom is -0.465 e. The molecule has 1 aliphatic carbocycles. The Bertz CT molecular complexity index is 425. The molecule has 4 nitrogen and oxygen atoms in total. The van der Waals surface area contributed by atoms with Crippen molar-refractivity contribution in [2.45, 2.75) is 117 Å². The molecule has 0 aromatic carbocycles. The highest BCUT2D eigenvalue weighted by molar-refractivity contribution is 5.76. The molecule has 0 aromatic heterocycles. The largest absolute Gasteiger partial charge is 0.465 e. The fraction of sp³-hybridized carbons (Fsp3) is 0.913. The first-order chi connectivity index (χ1) is 12.8. The quantitative estimate of drug-likeness (QED) is 0.297. The molecule has 4 heteroatoms. The normalized spacial score (nSPS) is 20.3. The topological polar surface area (TPSA) is 52.6 Å². The van der Waals surface area contributed by atoms with E-state index in [1.54, 1.807) is 0 Å². The third-order valence-electron chi connectivity index (χ3n) is 5.24. The Labute approximate surface area is 166 Å². The van der Waals surface area contributed by atoms with Gasteiger partial charge in [-0.05, 0) is 46.5 Å². The van der Waals surface area contributed by atoms with Gasteiger partial charge in [0, 0.05) is 0 Å². The summed E-state index contributed by atoms with van der Waals surface area (Å²) in [6.07, 6.45) is 14.4. The highest BCUT2D eigenvalue weighted by Gasteiger charge is 2.34. The molecule has 158 valence electrons. The summed E-state index contributed by atoms with van der Waals surface area (Å²) < 4.78 is 11.0. The third kappa shape index (κ3) is 11.4. The van der Waals surface area contributed by atoms with Crippen LogP contribution in [0.15, 0.2) is 0 Å². The van der Waals surface area contributed by atoms with Crippen LogP contribution in [-0.2, 0) is 19.1 Å². The zero-order valence-electron chi connectivity index (χ0n) is 18.2. The van der Waals surface area contributed by atoms with Crippen molar-refractivity contribution in [3.63, 3.8) is 0 Å². The lowest BCUT2D eigenvalue weighted by atomic mass is 9.81. The fourth-order valence-corrected chi connectivity index (χ4v) is 3.71. The van der Waals surface area contributed by atoms with Gasteiger partial charge in [-0.15, -0.1) is 0 Å². The van der Waals surface area contributed by atoms with E-state index >= 15 is 0 Å². The molecule has 1 fully saturated rings. The van der Waals surface area contributed by atoms with Gasteiger partial charge in [-0.3, -0.25) is 9.59 Å². The average molecular weight is 383 g/mol. The summed E-state index contributed by atoms with van der Waals surface area (Å²) in [6.45, 7) is 8.40. The van der Waals surface area contributed by atoms with E-state index in [0.717, 1.165) is 32.1 Å². The fourth-order valence-electron chi connectivity index (χ4n) is 3.71. The average Bonchev–Trinajstić information content (AvgIpc) is 2.62. The molecule has 0 bridgehead atoms. The molecule has 1 aliphatic rings. The molecule has 0 saturated heterocycles. The van der Waals surface area contributed by atoms with Crippen LogP contribution in [0.1, 0.15) is 111 Å². The molecule has 0 radical (unpaired) electrons. The van der Waals surface area contributed by atoms with Crippen molar-refractivity contribution < 1.29 is 19.1 Å². The monoisotopic (exact) mass is 382 g/mol. The van der Waals surface area contributed by atoms with Gasteiger partial charge in [-0.25, -0.2) is 0 Å². The van der Waals surface area contributed by atoms with E-state index in [2.05, 4.69) is 6.92 Å². The molecule has 0 heterocycles. The second-order valence-electron chi connectivity index (χ2n) is 9.09. The Morgan fingerprint density at radius 2 is 1.33 bits per heavy atom. The lowest BCUT2D eigenvalue weighted by Gasteiger charge is -2.29. The smallest absolute Gasteiger partial charge is 0.309 e. The van der Waals surface area contributed by atoms with Crippen LogP contribution in [0.25, 0.3) is 0 Å². The summed E-state index contributed by atoms with van der Waals surface area (Å²) in [5.41, 5.74) is -0.472. The molecular weight excluding hydrogens is 340 g/mol. The minimum atomic E-state index is -0.472. The van der Waals surface area contributed by atoms with Crippen molar-refractivity contribution in [1.29, 1.82) is 0 Å². The van der Waals surface area contributed by atoms with Gasteiger partial charge in [-0.1, -0.05) is 64.7 Å². The Morgan fingerprint density at radius 1 is 0.815 bits per heavy atom. The van der Waals surface area contributed by atoms with E-state index in [-0.39, 0.29) is 23.8 Å². The van der Waals surface area contributed by atoms with Crippen molar-refractivity contribution in [1.82, 2.24) is 0 Å². The van der Waals surface area contributed by atoms with Crippen molar-refractivity contribution in [3.05, 3.63) is 0 Å². The molecule has 2 atom stereocenters. The Hall–Kier alpha value is -1.06. The van der Waals surface area contributed by atoms with E-state index in [4.69, 9.17) is 9.47 Å². The molecule has 0 spiro atoms. The zero-order valence-corrected chi connectivity index (χ0v) is 18.2. The Balaban J connectivity index is 2.13. The lowest BCUT2D eigenvalue weighted by Crippen LogP contribution is -2.33. The van der Waals surface area contributed by atoms with Crippen molar-refractivity contribution in [3.8, 4) is 0 Å². The van der Waals surface area contributed by atoms with Gasteiger partial charge < -0.3 is 9.47 Å². The number of unbranched alkanes of at least 4 members (excludes halogenated alkanes) is 8. The molecule has 1 rings (SSSR count). The minimum absolute atomic E-state index is 0.122. The molecule has 0 amide bonds. The van der Waals surface area contributed by atoms with Crippen LogP contribution in [0.3, 0.4) is 0 Å². The van der Waals surface area contributed by atoms with E-state index in [1.165, 1.54) is 44.9 Å². The van der Waals surface area contributed by atoms with Crippen molar-refractivity contribution in [2.24, 2.45) is 11.8 Å². The van der Waals surface area contributed by atoms with E-state index in [0.29, 0.717) is 13.0 Å². The first kappa shape index (κ1) is 24.0. The van der Waals surface area contributed by atoms with Gasteiger partial charge in [0.1, 0.15) is 5.60 Å². The van der Waals surface area contributed by atoms with Crippen LogP contribution >= 0.6 is 0 Å². The maximum absolute atomic E-state index is 12.3. The van der Waals surface area contributed by atoms with Gasteiger partial charge in [0.15, 0.2) is 0 Å². The molecular formula is C23H42O4. The SMILES string of the molecule is CCCCCCCCCCCOC(=O)C1CCCC(C(=O)OC(C)(C)C)C1. The number of ether oxygens (including phenoxy) is 2. The summed E-state index contributed by atoms with van der Waals surface area (Å²) >= 11 is 0. The van der Waals surface area contributed by atoms with Crippen LogP contribution in [0.5, 0.6) is 0 Å².